The Bertz CT molecular complexity index is 524. The van der Waals surface area contributed by atoms with Crippen LogP contribution in [0.25, 0.3) is 0 Å². The fourth-order valence-corrected chi connectivity index (χ4v) is 2.38. The number of nitrogens with one attached hydrogen (secondary N) is 1. The molecule has 0 saturated carbocycles. The molecule has 0 aromatic heterocycles. The molecule has 3 rings (SSSR count). The van der Waals surface area contributed by atoms with E-state index in [4.69, 9.17) is 4.74 Å². The molecule has 1 unspecified atom stereocenters. The summed E-state index contributed by atoms with van der Waals surface area (Å²) in [5.41, 5.74) is 1.90. The van der Waals surface area contributed by atoms with Gasteiger partial charge < -0.3 is 9.64 Å². The Labute approximate surface area is 99.1 Å². The second-order valence-corrected chi connectivity index (χ2v) is 4.18. The minimum atomic E-state index is -0.0117. The number of carbonyl (C=O) groups excluding carboxylic acids is 1. The Morgan fingerprint density at radius 2 is 2.35 bits per heavy atom. The summed E-state index contributed by atoms with van der Waals surface area (Å²) in [7, 11) is 1.65. The van der Waals surface area contributed by atoms with Gasteiger partial charge in [-0.25, -0.2) is 4.99 Å². The van der Waals surface area contributed by atoms with Crippen LogP contribution < -0.4 is 10.1 Å². The largest absolute Gasteiger partial charge is 0.496 e. The Kier molecular flexibility index (Phi) is 2.07. The zero-order chi connectivity index (χ0) is 12.0. The molecule has 1 N–H and O–H groups in total. The quantitative estimate of drug-likeness (QED) is 0.789. The number of hydrogen-bond donors (Lipinski definition) is 1. The van der Waals surface area contributed by atoms with Gasteiger partial charge in [-0.1, -0.05) is 6.07 Å². The topological polar surface area (TPSA) is 53.9 Å². The normalized spacial score (nSPS) is 21.5. The van der Waals surface area contributed by atoms with Crippen LogP contribution in [0.3, 0.4) is 0 Å². The summed E-state index contributed by atoms with van der Waals surface area (Å²) in [4.78, 5) is 17.8. The molecule has 5 nitrogen and oxygen atoms in total. The third kappa shape index (κ3) is 1.39. The van der Waals surface area contributed by atoms with E-state index in [0.29, 0.717) is 12.5 Å². The van der Waals surface area contributed by atoms with Crippen LogP contribution in [-0.4, -0.2) is 30.4 Å². The number of benzene rings is 1. The van der Waals surface area contributed by atoms with E-state index in [2.05, 4.69) is 17.2 Å². The summed E-state index contributed by atoms with van der Waals surface area (Å²) >= 11 is 0. The van der Waals surface area contributed by atoms with Crippen LogP contribution in [-0.2, 0) is 4.79 Å². The van der Waals surface area contributed by atoms with E-state index in [0.717, 1.165) is 17.0 Å². The van der Waals surface area contributed by atoms with Crippen molar-refractivity contribution in [1.82, 2.24) is 10.2 Å². The van der Waals surface area contributed by atoms with Gasteiger partial charge in [0, 0.05) is 5.56 Å². The second-order valence-electron chi connectivity index (χ2n) is 4.18. The van der Waals surface area contributed by atoms with Crippen LogP contribution in [0.15, 0.2) is 23.2 Å². The molecule has 0 bridgehead atoms. The first kappa shape index (κ1) is 10.1. The molecule has 2 aliphatic rings. The van der Waals surface area contributed by atoms with E-state index >= 15 is 0 Å². The lowest BCUT2D eigenvalue weighted by molar-refractivity contribution is -0.118. The highest BCUT2D eigenvalue weighted by atomic mass is 16.5. The Balaban J connectivity index is 2.15. The number of rotatable bonds is 1. The summed E-state index contributed by atoms with van der Waals surface area (Å²) in [5.74, 6) is 1.45. The van der Waals surface area contributed by atoms with Gasteiger partial charge in [0.05, 0.1) is 18.8 Å². The van der Waals surface area contributed by atoms with Crippen molar-refractivity contribution >= 4 is 17.6 Å². The van der Waals surface area contributed by atoms with Gasteiger partial charge in [-0.15, -0.1) is 0 Å². The van der Waals surface area contributed by atoms with E-state index in [9.17, 15) is 4.79 Å². The van der Waals surface area contributed by atoms with Gasteiger partial charge in [-0.2, -0.15) is 0 Å². The predicted octanol–water partition coefficient (Wildman–Crippen LogP) is 1.19. The van der Waals surface area contributed by atoms with Gasteiger partial charge in [0.15, 0.2) is 0 Å². The van der Waals surface area contributed by atoms with Crippen molar-refractivity contribution in [3.8, 4) is 5.75 Å². The number of methoxy groups -OCH3 is 1. The second kappa shape index (κ2) is 3.48. The number of guanidine groups is 1. The van der Waals surface area contributed by atoms with E-state index in [1.54, 1.807) is 7.11 Å². The van der Waals surface area contributed by atoms with Gasteiger partial charge in [0.2, 0.25) is 11.9 Å². The number of nitrogens with zero attached hydrogens (tertiary/aromatic N) is 2. The molecule has 1 atom stereocenters. The molecule has 2 aliphatic heterocycles. The van der Waals surface area contributed by atoms with Crippen molar-refractivity contribution in [3.05, 3.63) is 23.8 Å². The molecule has 88 valence electrons. The van der Waals surface area contributed by atoms with Crippen LogP contribution in [0.2, 0.25) is 0 Å². The van der Waals surface area contributed by atoms with Crippen LogP contribution in [0.4, 0.5) is 5.69 Å². The maximum absolute atomic E-state index is 11.4. The fourth-order valence-electron chi connectivity index (χ4n) is 2.38. The van der Waals surface area contributed by atoms with Gasteiger partial charge in [0.1, 0.15) is 12.3 Å². The van der Waals surface area contributed by atoms with Gasteiger partial charge in [0.25, 0.3) is 0 Å². The lowest BCUT2D eigenvalue weighted by Crippen LogP contribution is -2.35. The van der Waals surface area contributed by atoms with Gasteiger partial charge in [-0.05, 0) is 19.1 Å². The third-order valence-electron chi connectivity index (χ3n) is 3.21. The highest BCUT2D eigenvalue weighted by molar-refractivity contribution is 6.06. The van der Waals surface area contributed by atoms with E-state index in [-0.39, 0.29) is 11.9 Å². The molecule has 0 spiro atoms. The van der Waals surface area contributed by atoms with E-state index in [1.807, 2.05) is 23.1 Å². The average Bonchev–Trinajstić information content (AvgIpc) is 2.69. The van der Waals surface area contributed by atoms with Gasteiger partial charge >= 0.3 is 0 Å². The lowest BCUT2D eigenvalue weighted by atomic mass is 10.0. The van der Waals surface area contributed by atoms with Crippen molar-refractivity contribution in [2.24, 2.45) is 4.99 Å². The summed E-state index contributed by atoms with van der Waals surface area (Å²) < 4.78 is 5.36. The Morgan fingerprint density at radius 1 is 1.53 bits per heavy atom. The average molecular weight is 231 g/mol. The molecule has 17 heavy (non-hydrogen) atoms. The maximum atomic E-state index is 11.4. The minimum absolute atomic E-state index is 0.0117. The number of carbonyl (C=O) groups is 1. The van der Waals surface area contributed by atoms with Crippen molar-refractivity contribution in [1.29, 1.82) is 0 Å². The molecule has 0 aliphatic carbocycles. The first-order chi connectivity index (χ1) is 8.20. The number of hydrogen-bond acceptors (Lipinski definition) is 4. The summed E-state index contributed by atoms with van der Waals surface area (Å²) in [6.45, 7) is 2.41. The molecule has 2 heterocycles. The molecule has 1 fully saturated rings. The highest BCUT2D eigenvalue weighted by Gasteiger charge is 2.35. The van der Waals surface area contributed by atoms with E-state index < -0.39 is 0 Å². The number of aliphatic imine (C=N–C) groups is 1. The lowest BCUT2D eigenvalue weighted by Gasteiger charge is -2.31. The summed E-state index contributed by atoms with van der Waals surface area (Å²) in [6, 6.07) is 5.85. The standard InChI is InChI=1S/C12H13N3O2/c1-7-11-8(4-3-5-9(11)17-2)13-12-14-10(16)6-15(7)12/h3-5,7H,6H2,1-2H3,(H,13,14,16). The van der Waals surface area contributed by atoms with Crippen molar-refractivity contribution in [3.63, 3.8) is 0 Å². The van der Waals surface area contributed by atoms with Crippen LogP contribution >= 0.6 is 0 Å². The zero-order valence-corrected chi connectivity index (χ0v) is 9.73. The highest BCUT2D eigenvalue weighted by Crippen LogP contribution is 2.40. The predicted molar refractivity (Wildman–Crippen MR) is 63.4 cm³/mol. The van der Waals surface area contributed by atoms with Crippen molar-refractivity contribution < 1.29 is 9.53 Å². The number of amides is 1. The minimum Gasteiger partial charge on any atom is -0.496 e. The molecule has 1 aromatic rings. The summed E-state index contributed by atoms with van der Waals surface area (Å²) in [5, 5.41) is 2.76. The van der Waals surface area contributed by atoms with Crippen molar-refractivity contribution in [2.75, 3.05) is 13.7 Å². The maximum Gasteiger partial charge on any atom is 0.246 e. The summed E-state index contributed by atoms with van der Waals surface area (Å²) in [6.07, 6.45) is 0. The Hall–Kier alpha value is -2.04. The molecule has 5 heteroatoms. The number of ether oxygens (including phenoxy) is 1. The molecule has 1 saturated heterocycles. The van der Waals surface area contributed by atoms with Crippen LogP contribution in [0.1, 0.15) is 18.5 Å². The third-order valence-corrected chi connectivity index (χ3v) is 3.21. The molecule has 1 amide bonds. The smallest absolute Gasteiger partial charge is 0.246 e. The molecule has 0 radical (unpaired) electrons. The Morgan fingerprint density at radius 3 is 3.12 bits per heavy atom. The monoisotopic (exact) mass is 231 g/mol. The zero-order valence-electron chi connectivity index (χ0n) is 9.73. The first-order valence-electron chi connectivity index (χ1n) is 5.53. The number of fused-ring (bicyclic) bond motifs is 2. The first-order valence-corrected chi connectivity index (χ1v) is 5.53. The van der Waals surface area contributed by atoms with Crippen molar-refractivity contribution in [2.45, 2.75) is 13.0 Å². The molecular weight excluding hydrogens is 218 g/mol. The SMILES string of the molecule is COc1cccc2c1C(C)N1CC(=O)NC1=N2. The van der Waals surface area contributed by atoms with Gasteiger partial charge in [-0.3, -0.25) is 10.1 Å². The molecular formula is C12H13N3O2. The van der Waals surface area contributed by atoms with E-state index in [1.165, 1.54) is 0 Å². The van der Waals surface area contributed by atoms with Crippen LogP contribution in [0, 0.1) is 0 Å². The molecule has 1 aromatic carbocycles. The fraction of sp³-hybridized carbons (Fsp3) is 0.333. The van der Waals surface area contributed by atoms with Crippen LogP contribution in [0.5, 0.6) is 5.75 Å².